The Morgan fingerprint density at radius 3 is 2.88 bits per heavy atom. The van der Waals surface area contributed by atoms with Crippen LogP contribution in [0, 0.1) is 0 Å². The lowest BCUT2D eigenvalue weighted by Crippen LogP contribution is -2.19. The van der Waals surface area contributed by atoms with Crippen molar-refractivity contribution >= 4 is 28.2 Å². The van der Waals surface area contributed by atoms with Crippen LogP contribution in [0.3, 0.4) is 0 Å². The van der Waals surface area contributed by atoms with Crippen LogP contribution in [-0.2, 0) is 5.60 Å². The molecule has 0 aliphatic carbocycles. The van der Waals surface area contributed by atoms with Crippen LogP contribution >= 0.6 is 11.6 Å². The average Bonchev–Trinajstić information content (AvgIpc) is 2.25. The van der Waals surface area contributed by atoms with E-state index in [4.69, 9.17) is 20.1 Å². The summed E-state index contributed by atoms with van der Waals surface area (Å²) in [5, 5.41) is 10.7. The molecule has 1 aromatic heterocycles. The molecule has 16 heavy (non-hydrogen) atoms. The molecule has 0 aliphatic rings. The molecule has 4 heteroatoms. The van der Waals surface area contributed by atoms with Crippen LogP contribution in [0.2, 0.25) is 5.02 Å². The van der Waals surface area contributed by atoms with Crippen molar-refractivity contribution in [2.24, 2.45) is 0 Å². The molecule has 0 atom stereocenters. The lowest BCUT2D eigenvalue weighted by Gasteiger charge is -2.19. The minimum atomic E-state index is -1.24. The topological polar surface area (TPSA) is 59.1 Å². The van der Waals surface area contributed by atoms with Crippen molar-refractivity contribution in [2.75, 3.05) is 5.73 Å². The molecule has 0 radical (unpaired) electrons. The molecule has 0 saturated carbocycles. The molecule has 1 aromatic carbocycles. The summed E-state index contributed by atoms with van der Waals surface area (Å²) in [6, 6.07) is 3.16. The molecule has 0 unspecified atom stereocenters. The van der Waals surface area contributed by atoms with E-state index in [1.54, 1.807) is 13.8 Å². The smallest absolute Gasteiger partial charge is 0.103 e. The fraction of sp³-hybridized carbons (Fsp3) is 0.250. The Labute approximate surface area is 102 Å². The molecular weight excluding hydrogens is 224 g/mol. The van der Waals surface area contributed by atoms with Gasteiger partial charge in [-0.3, -0.25) is 0 Å². The van der Waals surface area contributed by atoms with Crippen molar-refractivity contribution in [2.45, 2.75) is 19.4 Å². The maximum atomic E-state index is 9.98. The number of pyridine rings is 1. The second-order valence-electron chi connectivity index (χ2n) is 4.14. The van der Waals surface area contributed by atoms with E-state index in [0.29, 0.717) is 10.9 Å². The Kier molecular flexibility index (Phi) is 1.98. The number of fused-ring (bicyclic) bond motifs is 1. The SMILES string of the molecule is [2H]c1cc2nc(C(C)(C)O)c(N)c([2H])c2cc1Cl. The van der Waals surface area contributed by atoms with E-state index in [1.807, 2.05) is 0 Å². The highest BCUT2D eigenvalue weighted by Crippen LogP contribution is 2.28. The number of nitrogen functional groups attached to an aromatic ring is 1. The van der Waals surface area contributed by atoms with E-state index in [-0.39, 0.29) is 28.5 Å². The molecule has 0 amide bonds. The number of hydrogen-bond acceptors (Lipinski definition) is 3. The van der Waals surface area contributed by atoms with Gasteiger partial charge in [0, 0.05) is 10.4 Å². The number of nitrogens with two attached hydrogens (primary N) is 1. The first kappa shape index (κ1) is 8.79. The minimum absolute atomic E-state index is 0.0685. The lowest BCUT2D eigenvalue weighted by atomic mass is 10.0. The van der Waals surface area contributed by atoms with E-state index < -0.39 is 5.60 Å². The van der Waals surface area contributed by atoms with Crippen molar-refractivity contribution in [3.63, 3.8) is 0 Å². The molecule has 2 aromatic rings. The van der Waals surface area contributed by atoms with Gasteiger partial charge in [0.25, 0.3) is 0 Å². The van der Waals surface area contributed by atoms with Gasteiger partial charge in [-0.15, -0.1) is 0 Å². The van der Waals surface area contributed by atoms with E-state index in [1.165, 1.54) is 12.1 Å². The zero-order valence-electron chi connectivity index (χ0n) is 11.0. The van der Waals surface area contributed by atoms with Crippen molar-refractivity contribution in [1.29, 1.82) is 0 Å². The van der Waals surface area contributed by atoms with Gasteiger partial charge in [0.15, 0.2) is 0 Å². The molecule has 0 saturated heterocycles. The normalized spacial score (nSPS) is 13.8. The highest BCUT2D eigenvalue weighted by molar-refractivity contribution is 6.31. The number of halogens is 1. The first-order chi connectivity index (χ1) is 8.21. The maximum absolute atomic E-state index is 9.98. The summed E-state index contributed by atoms with van der Waals surface area (Å²) in [6.45, 7) is 3.10. The summed E-state index contributed by atoms with van der Waals surface area (Å²) >= 11 is 5.85. The molecule has 0 spiro atoms. The molecule has 3 nitrogen and oxygen atoms in total. The summed E-state index contributed by atoms with van der Waals surface area (Å²) in [6.07, 6.45) is 0. The summed E-state index contributed by atoms with van der Waals surface area (Å²) in [5.74, 6) is 0. The molecule has 1 heterocycles. The third-order valence-electron chi connectivity index (χ3n) is 2.23. The summed E-state index contributed by atoms with van der Waals surface area (Å²) in [5.41, 5.74) is 5.38. The highest BCUT2D eigenvalue weighted by Gasteiger charge is 2.21. The largest absolute Gasteiger partial charge is 0.397 e. The monoisotopic (exact) mass is 238 g/mol. The van der Waals surface area contributed by atoms with Gasteiger partial charge in [-0.1, -0.05) is 11.6 Å². The second-order valence-corrected chi connectivity index (χ2v) is 4.55. The third kappa shape index (κ3) is 1.96. The van der Waals surface area contributed by atoms with Crippen molar-refractivity contribution in [3.05, 3.63) is 34.9 Å². The fourth-order valence-electron chi connectivity index (χ4n) is 1.50. The molecule has 0 bridgehead atoms. The van der Waals surface area contributed by atoms with Gasteiger partial charge in [-0.05, 0) is 38.1 Å². The van der Waals surface area contributed by atoms with E-state index in [0.717, 1.165) is 0 Å². The maximum Gasteiger partial charge on any atom is 0.103 e. The number of rotatable bonds is 1. The van der Waals surface area contributed by atoms with Gasteiger partial charge in [0.1, 0.15) is 5.60 Å². The summed E-state index contributed by atoms with van der Waals surface area (Å²) < 4.78 is 15.6. The number of nitrogens with zero attached hydrogens (tertiary/aromatic N) is 1. The first-order valence-corrected chi connectivity index (χ1v) is 5.18. The Bertz CT molecular complexity index is 638. The van der Waals surface area contributed by atoms with E-state index >= 15 is 0 Å². The van der Waals surface area contributed by atoms with Gasteiger partial charge < -0.3 is 10.8 Å². The van der Waals surface area contributed by atoms with Crippen molar-refractivity contribution in [1.82, 2.24) is 4.98 Å². The van der Waals surface area contributed by atoms with Crippen LogP contribution in [0.25, 0.3) is 10.9 Å². The van der Waals surface area contributed by atoms with Crippen LogP contribution in [-0.4, -0.2) is 10.1 Å². The van der Waals surface area contributed by atoms with Crippen LogP contribution in [0.1, 0.15) is 22.3 Å². The number of benzene rings is 1. The van der Waals surface area contributed by atoms with Gasteiger partial charge in [0.05, 0.1) is 19.6 Å². The van der Waals surface area contributed by atoms with Crippen molar-refractivity contribution in [3.8, 4) is 0 Å². The first-order valence-electron chi connectivity index (χ1n) is 5.80. The highest BCUT2D eigenvalue weighted by atomic mass is 35.5. The lowest BCUT2D eigenvalue weighted by molar-refractivity contribution is 0.0751. The fourth-order valence-corrected chi connectivity index (χ4v) is 1.66. The van der Waals surface area contributed by atoms with Crippen LogP contribution in [0.15, 0.2) is 24.2 Å². The van der Waals surface area contributed by atoms with Crippen LogP contribution in [0.5, 0.6) is 0 Å². The van der Waals surface area contributed by atoms with Gasteiger partial charge in [-0.25, -0.2) is 4.98 Å². The molecule has 0 aliphatic heterocycles. The second kappa shape index (κ2) is 3.61. The average molecular weight is 239 g/mol. The number of aromatic nitrogens is 1. The predicted molar refractivity (Wildman–Crippen MR) is 66.4 cm³/mol. The van der Waals surface area contributed by atoms with Crippen LogP contribution in [0.4, 0.5) is 5.69 Å². The zero-order chi connectivity index (χ0) is 13.7. The van der Waals surface area contributed by atoms with Gasteiger partial charge in [0.2, 0.25) is 0 Å². The molecule has 2 rings (SSSR count). The molecule has 3 N–H and O–H groups in total. The molecule has 0 fully saturated rings. The van der Waals surface area contributed by atoms with Crippen molar-refractivity contribution < 1.29 is 7.85 Å². The minimum Gasteiger partial charge on any atom is -0.397 e. The Balaban J connectivity index is 2.88. The summed E-state index contributed by atoms with van der Waals surface area (Å²) in [7, 11) is 0. The van der Waals surface area contributed by atoms with Gasteiger partial charge in [-0.2, -0.15) is 0 Å². The number of anilines is 1. The summed E-state index contributed by atoms with van der Waals surface area (Å²) in [4.78, 5) is 4.24. The number of hydrogen-bond donors (Lipinski definition) is 2. The van der Waals surface area contributed by atoms with Crippen LogP contribution < -0.4 is 5.73 Å². The molecular formula is C12H13ClN2O. The van der Waals surface area contributed by atoms with E-state index in [2.05, 4.69) is 4.98 Å². The zero-order valence-corrected chi connectivity index (χ0v) is 9.76. The predicted octanol–water partition coefficient (Wildman–Crippen LogP) is 2.70. The Hall–Kier alpha value is -1.32. The third-order valence-corrected chi connectivity index (χ3v) is 2.45. The number of aliphatic hydroxyl groups is 1. The Morgan fingerprint density at radius 2 is 2.25 bits per heavy atom. The van der Waals surface area contributed by atoms with Gasteiger partial charge >= 0.3 is 0 Å². The standard InChI is InChI=1S/C12H13ClN2O/c1-12(2,16)11-9(14)6-7-5-8(13)3-4-10(7)15-11/h3-6,16H,14H2,1-2H3/i3D,6D. The van der Waals surface area contributed by atoms with E-state index in [9.17, 15) is 5.11 Å². The molecule has 84 valence electrons. The quantitative estimate of drug-likeness (QED) is 0.803. The Morgan fingerprint density at radius 1 is 1.56 bits per heavy atom.